The molecule has 1 saturated heterocycles. The Morgan fingerprint density at radius 2 is 1.37 bits per heavy atom. The average Bonchev–Trinajstić information content (AvgIpc) is 3.72. The summed E-state index contributed by atoms with van der Waals surface area (Å²) in [4.78, 5) is 69.6. The highest BCUT2D eigenvalue weighted by molar-refractivity contribution is 6.08. The van der Waals surface area contributed by atoms with Gasteiger partial charge in [-0.2, -0.15) is 0 Å². The van der Waals surface area contributed by atoms with Gasteiger partial charge >= 0.3 is 5.97 Å². The predicted octanol–water partition coefficient (Wildman–Crippen LogP) is 8.20. The molecule has 10 nitrogen and oxygen atoms in total. The molecule has 14 atom stereocenters. The molecule has 8 rings (SSSR count). The van der Waals surface area contributed by atoms with Crippen LogP contribution >= 0.6 is 0 Å². The van der Waals surface area contributed by atoms with Crippen LogP contribution < -0.4 is 5.32 Å². The van der Waals surface area contributed by atoms with Gasteiger partial charge in [-0.15, -0.1) is 0 Å². The number of Topliss-reactive ketones (excluding diaryl/α,β-unsaturated/α-hetero) is 2. The van der Waals surface area contributed by atoms with Gasteiger partial charge in [0.05, 0.1) is 6.54 Å². The van der Waals surface area contributed by atoms with E-state index in [-0.39, 0.29) is 56.5 Å². The summed E-state index contributed by atoms with van der Waals surface area (Å²) in [7, 11) is 9.51. The number of nitrogens with one attached hydrogen (secondary N) is 1. The van der Waals surface area contributed by atoms with Crippen LogP contribution in [0.15, 0.2) is 23.3 Å². The highest BCUT2D eigenvalue weighted by Crippen LogP contribution is 2.68. The standard InChI is InChI=1S/C27H45N3O3.C25H37NO3/c1-26-14-12-19-17(8-11-22-27(19,2)15-13-23(32)30(22)7)18(26)9-10-20(26)25(33)24(29(5)6)21(31)16-28(3)4;1-23(2,3)26-21(27)20-9-8-18-17-7-6-16-14-15(22(28)29)10-12-24(16,4)19(17)11-13-25(18,20)5/h17-20,22,24H,8-16H2,1-7H3;6,14,17-20H,7-13H2,1-5H3,(H,26,27)(H,28,29)/t17?,18?,19?,20-,22?,24?,26+,27-;17?,18?,19?,20-,24+,25+/m11/s1. The zero-order valence-corrected chi connectivity index (χ0v) is 40.6. The summed E-state index contributed by atoms with van der Waals surface area (Å²) in [5, 5.41) is 12.7. The van der Waals surface area contributed by atoms with Crippen molar-refractivity contribution in [3.63, 3.8) is 0 Å². The number of carboxylic acids is 1. The Hall–Kier alpha value is -2.85. The number of hydrogen-bond acceptors (Lipinski definition) is 7. The summed E-state index contributed by atoms with van der Waals surface area (Å²) in [6.07, 6.45) is 19.5. The van der Waals surface area contributed by atoms with Gasteiger partial charge in [-0.1, -0.05) is 33.8 Å². The molecule has 8 aliphatic rings. The number of fused-ring (bicyclic) bond motifs is 10. The van der Waals surface area contributed by atoms with Crippen molar-refractivity contribution in [2.24, 2.45) is 69.0 Å². The number of likely N-dealkylation sites (tertiary alicyclic amines) is 1. The van der Waals surface area contributed by atoms with E-state index in [9.17, 15) is 29.1 Å². The lowest BCUT2D eigenvalue weighted by Gasteiger charge is -2.61. The third-order valence-electron chi connectivity index (χ3n) is 19.3. The van der Waals surface area contributed by atoms with Crippen LogP contribution in [-0.2, 0) is 24.0 Å². The van der Waals surface area contributed by atoms with Gasteiger partial charge in [-0.05, 0) is 208 Å². The summed E-state index contributed by atoms with van der Waals surface area (Å²) in [6.45, 7) is 16.0. The number of carbonyl (C=O) groups is 5. The first-order valence-electron chi connectivity index (χ1n) is 24.5. The molecule has 5 saturated carbocycles. The van der Waals surface area contributed by atoms with E-state index in [2.05, 4.69) is 59.9 Å². The lowest BCUT2D eigenvalue weighted by Crippen LogP contribution is -2.61. The third-order valence-corrected chi connectivity index (χ3v) is 19.3. The number of allylic oxidation sites excluding steroid dienone is 3. The third kappa shape index (κ3) is 7.99. The van der Waals surface area contributed by atoms with Crippen LogP contribution in [0.5, 0.6) is 0 Å². The first-order chi connectivity index (χ1) is 28.9. The second-order valence-corrected chi connectivity index (χ2v) is 24.2. The summed E-state index contributed by atoms with van der Waals surface area (Å²) in [5.74, 6) is 3.69. The largest absolute Gasteiger partial charge is 0.478 e. The fraction of sp³-hybridized carbons (Fsp3) is 0.827. The number of nitrogens with zero attached hydrogens (tertiary/aromatic N) is 3. The van der Waals surface area contributed by atoms with E-state index < -0.39 is 12.0 Å². The van der Waals surface area contributed by atoms with Gasteiger partial charge in [-0.3, -0.25) is 24.1 Å². The number of aliphatic carboxylic acids is 1. The molecule has 0 radical (unpaired) electrons. The van der Waals surface area contributed by atoms with Crippen LogP contribution in [0.25, 0.3) is 0 Å². The van der Waals surface area contributed by atoms with Gasteiger partial charge in [0, 0.05) is 42.5 Å². The number of likely N-dealkylation sites (N-methyl/N-ethyl adjacent to an activating group) is 2. The molecule has 0 bridgehead atoms. The first-order valence-corrected chi connectivity index (χ1v) is 24.5. The summed E-state index contributed by atoms with van der Waals surface area (Å²) >= 11 is 0. The molecule has 346 valence electrons. The molecule has 1 aliphatic heterocycles. The van der Waals surface area contributed by atoms with E-state index >= 15 is 0 Å². The minimum Gasteiger partial charge on any atom is -0.478 e. The van der Waals surface area contributed by atoms with Crippen LogP contribution in [0.2, 0.25) is 0 Å². The summed E-state index contributed by atoms with van der Waals surface area (Å²) < 4.78 is 0. The predicted molar refractivity (Wildman–Crippen MR) is 244 cm³/mol. The monoisotopic (exact) mass is 859 g/mol. The topological polar surface area (TPSA) is 127 Å². The Balaban J connectivity index is 0.000000188. The number of ketones is 2. The second-order valence-electron chi connectivity index (χ2n) is 24.2. The number of carbonyl (C=O) groups excluding carboxylic acids is 4. The van der Waals surface area contributed by atoms with Crippen LogP contribution in [-0.4, -0.2) is 109 Å². The van der Waals surface area contributed by atoms with Crippen molar-refractivity contribution in [3.8, 4) is 0 Å². The Bertz CT molecular complexity index is 1860. The van der Waals surface area contributed by atoms with Gasteiger partial charge in [-0.25, -0.2) is 4.79 Å². The van der Waals surface area contributed by atoms with Crippen molar-refractivity contribution >= 4 is 29.4 Å². The minimum atomic E-state index is -0.769. The highest BCUT2D eigenvalue weighted by Gasteiger charge is 2.63. The quantitative estimate of drug-likeness (QED) is 0.234. The second kappa shape index (κ2) is 16.9. The molecule has 6 fully saturated rings. The van der Waals surface area contributed by atoms with Crippen LogP contribution in [0.3, 0.4) is 0 Å². The molecule has 0 spiro atoms. The maximum Gasteiger partial charge on any atom is 0.331 e. The normalized spacial score (nSPS) is 41.5. The van der Waals surface area contributed by atoms with Gasteiger partial charge in [0.2, 0.25) is 11.8 Å². The lowest BCUT2D eigenvalue weighted by molar-refractivity contribution is -0.160. The van der Waals surface area contributed by atoms with E-state index in [1.54, 1.807) is 0 Å². The molecule has 0 aromatic carbocycles. The van der Waals surface area contributed by atoms with Crippen LogP contribution in [0.1, 0.15) is 145 Å². The first kappa shape index (κ1) is 47.1. The molecule has 7 aliphatic carbocycles. The fourth-order valence-corrected chi connectivity index (χ4v) is 16.3. The molecular weight excluding hydrogens is 777 g/mol. The van der Waals surface area contributed by atoms with Crippen molar-refractivity contribution in [2.45, 2.75) is 162 Å². The number of rotatable bonds is 8. The van der Waals surface area contributed by atoms with E-state index in [1.165, 1.54) is 12.0 Å². The molecule has 10 heteroatoms. The van der Waals surface area contributed by atoms with Crippen molar-refractivity contribution in [1.82, 2.24) is 20.0 Å². The van der Waals surface area contributed by atoms with Gasteiger partial charge in [0.1, 0.15) is 6.04 Å². The minimum absolute atomic E-state index is 0.00943. The molecule has 62 heavy (non-hydrogen) atoms. The summed E-state index contributed by atoms with van der Waals surface area (Å²) in [6, 6.07) is -0.276. The van der Waals surface area contributed by atoms with Crippen molar-refractivity contribution in [1.29, 1.82) is 0 Å². The van der Waals surface area contributed by atoms with Crippen molar-refractivity contribution < 1.29 is 29.1 Å². The molecule has 1 heterocycles. The van der Waals surface area contributed by atoms with E-state index in [0.29, 0.717) is 72.4 Å². The fourth-order valence-electron chi connectivity index (χ4n) is 16.3. The van der Waals surface area contributed by atoms with Crippen LogP contribution in [0, 0.1) is 69.0 Å². The van der Waals surface area contributed by atoms with Crippen molar-refractivity contribution in [3.05, 3.63) is 23.3 Å². The zero-order valence-electron chi connectivity index (χ0n) is 40.6. The lowest BCUT2D eigenvalue weighted by atomic mass is 9.46. The van der Waals surface area contributed by atoms with Crippen molar-refractivity contribution in [2.75, 3.05) is 41.8 Å². The number of amides is 2. The van der Waals surface area contributed by atoms with Gasteiger partial charge in [0.15, 0.2) is 11.6 Å². The molecule has 0 aromatic rings. The maximum absolute atomic E-state index is 13.9. The Morgan fingerprint density at radius 3 is 1.98 bits per heavy atom. The SMILES string of the molecule is CC(C)(C)NC(=O)[C@H]1CCC2C3CC=C4C=C(C(=O)O)CC[C@]4(C)C3CC[C@@]21C.CN(C)CC(=O)C(C(=O)[C@H]1CCC2C3CCC4N(C)C(=O)CC[C@]4(C)C3CC[C@@]21C)N(C)C. The summed E-state index contributed by atoms with van der Waals surface area (Å²) in [5.41, 5.74) is 2.00. The Kier molecular flexibility index (Phi) is 12.8. The molecule has 8 unspecified atom stereocenters. The van der Waals surface area contributed by atoms with E-state index in [0.717, 1.165) is 77.0 Å². The average molecular weight is 859 g/mol. The van der Waals surface area contributed by atoms with Gasteiger partial charge in [0.25, 0.3) is 0 Å². The maximum atomic E-state index is 13.9. The Morgan fingerprint density at radius 1 is 0.774 bits per heavy atom. The molecular formula is C52H82N4O6. The highest BCUT2D eigenvalue weighted by atomic mass is 16.4. The molecule has 0 aromatic heterocycles. The van der Waals surface area contributed by atoms with E-state index in [4.69, 9.17) is 0 Å². The van der Waals surface area contributed by atoms with Gasteiger partial charge < -0.3 is 20.2 Å². The number of piperidine rings is 1. The Labute approximate surface area is 373 Å². The molecule has 2 N–H and O–H groups in total. The zero-order chi connectivity index (χ0) is 45.5. The smallest absolute Gasteiger partial charge is 0.331 e. The number of carboxylic acid groups (broad SMARTS) is 1. The molecule has 2 amide bonds. The van der Waals surface area contributed by atoms with E-state index in [1.807, 2.05) is 56.0 Å². The number of hydrogen-bond donors (Lipinski definition) is 2. The van der Waals surface area contributed by atoms with Crippen LogP contribution in [0.4, 0.5) is 0 Å².